The third kappa shape index (κ3) is 3.24. The fraction of sp³-hybridized carbons (Fsp3) is 0.0833. The van der Waals surface area contributed by atoms with Crippen LogP contribution in [0.5, 0.6) is 0 Å². The second-order valence-electron chi connectivity index (χ2n) is 4.04. The van der Waals surface area contributed by atoms with Gasteiger partial charge in [0.1, 0.15) is 4.90 Å². The van der Waals surface area contributed by atoms with Crippen molar-refractivity contribution in [3.8, 4) is 0 Å². The maximum Gasteiger partial charge on any atom is 0.264 e. The first-order chi connectivity index (χ1) is 8.88. The first-order valence-electron chi connectivity index (χ1n) is 5.38. The van der Waals surface area contributed by atoms with Gasteiger partial charge >= 0.3 is 0 Å². The van der Waals surface area contributed by atoms with E-state index in [-0.39, 0.29) is 10.6 Å². The highest BCUT2D eigenvalue weighted by Crippen LogP contribution is 2.25. The molecule has 19 heavy (non-hydrogen) atoms. The normalized spacial score (nSPS) is 11.3. The third-order valence-corrected chi connectivity index (χ3v) is 4.32. The molecule has 5 nitrogen and oxygen atoms in total. The van der Waals surface area contributed by atoms with Gasteiger partial charge in [-0.15, -0.1) is 0 Å². The van der Waals surface area contributed by atoms with Crippen molar-refractivity contribution >= 4 is 37.3 Å². The van der Waals surface area contributed by atoms with Gasteiger partial charge in [-0.25, -0.2) is 8.42 Å². The molecule has 0 amide bonds. The summed E-state index contributed by atoms with van der Waals surface area (Å²) in [7, 11) is -3.73. The maximum atomic E-state index is 12.2. The Labute approximate surface area is 120 Å². The fourth-order valence-corrected chi connectivity index (χ4v) is 3.27. The Hall–Kier alpha value is -1.60. The predicted octanol–water partition coefficient (Wildman–Crippen LogP) is 2.54. The molecular weight excluding hydrogens is 330 g/mol. The van der Waals surface area contributed by atoms with Crippen LogP contribution in [0.4, 0.5) is 11.4 Å². The maximum absolute atomic E-state index is 12.2. The third-order valence-electron chi connectivity index (χ3n) is 2.39. The van der Waals surface area contributed by atoms with E-state index in [2.05, 4.69) is 25.6 Å². The largest absolute Gasteiger partial charge is 0.398 e. The van der Waals surface area contributed by atoms with Crippen LogP contribution in [-0.4, -0.2) is 13.4 Å². The van der Waals surface area contributed by atoms with E-state index in [1.165, 1.54) is 18.3 Å². The highest BCUT2D eigenvalue weighted by Gasteiger charge is 2.18. The first-order valence-corrected chi connectivity index (χ1v) is 7.65. The number of pyridine rings is 1. The van der Waals surface area contributed by atoms with Gasteiger partial charge in [-0.1, -0.05) is 15.9 Å². The van der Waals surface area contributed by atoms with Crippen molar-refractivity contribution in [2.45, 2.75) is 11.8 Å². The standard InChI is InChI=1S/C12H12BrN3O2S/c1-8-4-10(7-15-6-8)16-19(17,18)12-5-9(13)2-3-11(12)14/h2-7,16H,14H2,1H3. The molecule has 0 saturated heterocycles. The second kappa shape index (κ2) is 5.18. The highest BCUT2D eigenvalue weighted by molar-refractivity contribution is 9.10. The number of nitrogen functional groups attached to an aromatic ring is 1. The lowest BCUT2D eigenvalue weighted by Crippen LogP contribution is -2.15. The van der Waals surface area contributed by atoms with E-state index in [0.717, 1.165) is 5.56 Å². The number of benzene rings is 1. The molecule has 0 unspecified atom stereocenters. The molecule has 0 atom stereocenters. The molecule has 0 spiro atoms. The smallest absolute Gasteiger partial charge is 0.264 e. The minimum absolute atomic E-state index is 0.0309. The molecule has 1 heterocycles. The van der Waals surface area contributed by atoms with Crippen molar-refractivity contribution < 1.29 is 8.42 Å². The number of aromatic nitrogens is 1. The number of hydrogen-bond donors (Lipinski definition) is 2. The SMILES string of the molecule is Cc1cncc(NS(=O)(=O)c2cc(Br)ccc2N)c1. The number of nitrogens with zero attached hydrogens (tertiary/aromatic N) is 1. The monoisotopic (exact) mass is 341 g/mol. The van der Waals surface area contributed by atoms with Crippen molar-refractivity contribution in [3.05, 3.63) is 46.7 Å². The van der Waals surface area contributed by atoms with E-state index in [0.29, 0.717) is 10.2 Å². The van der Waals surface area contributed by atoms with Crippen LogP contribution >= 0.6 is 15.9 Å². The van der Waals surface area contributed by atoms with Crippen LogP contribution in [0.15, 0.2) is 46.0 Å². The summed E-state index contributed by atoms with van der Waals surface area (Å²) >= 11 is 3.23. The van der Waals surface area contributed by atoms with Gasteiger partial charge in [0.2, 0.25) is 0 Å². The molecule has 0 aliphatic rings. The molecule has 0 radical (unpaired) electrons. The van der Waals surface area contributed by atoms with Gasteiger partial charge < -0.3 is 5.73 Å². The second-order valence-corrected chi connectivity index (χ2v) is 6.61. The molecule has 1 aromatic carbocycles. The van der Waals surface area contributed by atoms with Crippen LogP contribution in [0.25, 0.3) is 0 Å². The molecule has 0 fully saturated rings. The van der Waals surface area contributed by atoms with Crippen LogP contribution in [-0.2, 0) is 10.0 Å². The molecule has 1 aromatic heterocycles. The van der Waals surface area contributed by atoms with Gasteiger partial charge in [-0.2, -0.15) is 0 Å². The van der Waals surface area contributed by atoms with Gasteiger partial charge in [-0.3, -0.25) is 9.71 Å². The Morgan fingerprint density at radius 1 is 1.26 bits per heavy atom. The number of nitrogens with two attached hydrogens (primary N) is 1. The van der Waals surface area contributed by atoms with E-state index in [1.807, 2.05) is 6.92 Å². The van der Waals surface area contributed by atoms with E-state index in [9.17, 15) is 8.42 Å². The zero-order valence-electron chi connectivity index (χ0n) is 10.1. The summed E-state index contributed by atoms with van der Waals surface area (Å²) in [6, 6.07) is 6.37. The molecule has 0 aliphatic carbocycles. The molecular formula is C12H12BrN3O2S. The van der Waals surface area contributed by atoms with Crippen LogP contribution < -0.4 is 10.5 Å². The summed E-state index contributed by atoms with van der Waals surface area (Å²) < 4.78 is 27.6. The van der Waals surface area contributed by atoms with Crippen LogP contribution in [0, 0.1) is 6.92 Å². The van der Waals surface area contributed by atoms with Crippen LogP contribution in [0.3, 0.4) is 0 Å². The molecule has 7 heteroatoms. The molecule has 3 N–H and O–H groups in total. The Morgan fingerprint density at radius 2 is 2.00 bits per heavy atom. The van der Waals surface area contributed by atoms with Crippen molar-refractivity contribution in [3.63, 3.8) is 0 Å². The molecule has 100 valence electrons. The summed E-state index contributed by atoms with van der Waals surface area (Å²) in [5.74, 6) is 0. The number of hydrogen-bond acceptors (Lipinski definition) is 4. The average molecular weight is 342 g/mol. The van der Waals surface area contributed by atoms with Crippen molar-refractivity contribution in [1.82, 2.24) is 4.98 Å². The number of rotatable bonds is 3. The number of sulfonamides is 1. The Kier molecular flexibility index (Phi) is 3.77. The van der Waals surface area contributed by atoms with Gasteiger partial charge in [-0.05, 0) is 36.8 Å². The summed E-state index contributed by atoms with van der Waals surface area (Å²) in [6.07, 6.45) is 3.09. The first kappa shape index (κ1) is 13.8. The van der Waals surface area contributed by atoms with Crippen molar-refractivity contribution in [1.29, 1.82) is 0 Å². The van der Waals surface area contributed by atoms with E-state index >= 15 is 0 Å². The van der Waals surface area contributed by atoms with Gasteiger partial charge in [0.25, 0.3) is 10.0 Å². The van der Waals surface area contributed by atoms with Gasteiger partial charge in [0.15, 0.2) is 0 Å². The summed E-state index contributed by atoms with van der Waals surface area (Å²) in [5, 5.41) is 0. The minimum atomic E-state index is -3.73. The Balaban J connectivity index is 2.40. The van der Waals surface area contributed by atoms with Gasteiger partial charge in [0.05, 0.1) is 17.6 Å². The van der Waals surface area contributed by atoms with Crippen LogP contribution in [0.1, 0.15) is 5.56 Å². The lowest BCUT2D eigenvalue weighted by Gasteiger charge is -2.10. The number of anilines is 2. The van der Waals surface area contributed by atoms with Crippen molar-refractivity contribution in [2.75, 3.05) is 10.5 Å². The van der Waals surface area contributed by atoms with Crippen molar-refractivity contribution in [2.24, 2.45) is 0 Å². The molecule has 0 aliphatic heterocycles. The number of aryl methyl sites for hydroxylation is 1. The zero-order chi connectivity index (χ0) is 14.0. The van der Waals surface area contributed by atoms with E-state index < -0.39 is 10.0 Å². The predicted molar refractivity (Wildman–Crippen MR) is 78.3 cm³/mol. The summed E-state index contributed by atoms with van der Waals surface area (Å²) in [5.41, 5.74) is 7.16. The van der Waals surface area contributed by atoms with E-state index in [1.54, 1.807) is 18.3 Å². The lowest BCUT2D eigenvalue weighted by atomic mass is 10.3. The molecule has 0 saturated carbocycles. The lowest BCUT2D eigenvalue weighted by molar-refractivity contribution is 0.601. The molecule has 2 rings (SSSR count). The fourth-order valence-electron chi connectivity index (χ4n) is 1.56. The van der Waals surface area contributed by atoms with Crippen LogP contribution in [0.2, 0.25) is 0 Å². The Bertz CT molecular complexity index is 717. The number of halogens is 1. The zero-order valence-corrected chi connectivity index (χ0v) is 12.5. The molecule has 0 bridgehead atoms. The topological polar surface area (TPSA) is 85.1 Å². The Morgan fingerprint density at radius 3 is 2.68 bits per heavy atom. The average Bonchev–Trinajstić information content (AvgIpc) is 2.31. The van der Waals surface area contributed by atoms with E-state index in [4.69, 9.17) is 5.73 Å². The quantitative estimate of drug-likeness (QED) is 0.840. The minimum Gasteiger partial charge on any atom is -0.398 e. The summed E-state index contributed by atoms with van der Waals surface area (Å²) in [4.78, 5) is 3.97. The number of nitrogens with one attached hydrogen (secondary N) is 1. The highest BCUT2D eigenvalue weighted by atomic mass is 79.9. The van der Waals surface area contributed by atoms with Gasteiger partial charge in [0, 0.05) is 10.7 Å². The molecule has 2 aromatic rings. The summed E-state index contributed by atoms with van der Waals surface area (Å²) in [6.45, 7) is 1.83.